The van der Waals surface area contributed by atoms with E-state index in [1.165, 1.54) is 5.56 Å². The van der Waals surface area contributed by atoms with Crippen LogP contribution in [0.1, 0.15) is 41.6 Å². The highest BCUT2D eigenvalue weighted by molar-refractivity contribution is 7.92. The van der Waals surface area contributed by atoms with E-state index < -0.39 is 16.3 Å². The fraction of sp³-hybridized carbons (Fsp3) is 0.273. The Labute approximate surface area is 242 Å². The molecule has 1 aliphatic heterocycles. The molecule has 8 heteroatoms. The molecule has 2 N–H and O–H groups in total. The van der Waals surface area contributed by atoms with Gasteiger partial charge in [-0.3, -0.25) is 9.62 Å². The molecule has 0 radical (unpaired) electrons. The lowest BCUT2D eigenvalue weighted by Crippen LogP contribution is -2.43. The van der Waals surface area contributed by atoms with Crippen LogP contribution in [-0.2, 0) is 32.6 Å². The van der Waals surface area contributed by atoms with E-state index in [-0.39, 0.29) is 29.6 Å². The minimum absolute atomic E-state index is 0.0135. The topological polar surface area (TPSA) is 88.1 Å². The third-order valence-corrected chi connectivity index (χ3v) is 8.80. The van der Waals surface area contributed by atoms with Gasteiger partial charge in [0.25, 0.3) is 10.0 Å². The zero-order valence-electron chi connectivity index (χ0n) is 23.3. The molecule has 0 spiro atoms. The van der Waals surface area contributed by atoms with Crippen molar-refractivity contribution in [1.29, 1.82) is 0 Å². The van der Waals surface area contributed by atoms with Gasteiger partial charge in [0.1, 0.15) is 0 Å². The monoisotopic (exact) mass is 572 g/mol. The predicted molar refractivity (Wildman–Crippen MR) is 159 cm³/mol. The maximum absolute atomic E-state index is 12.8. The number of sulfonamides is 1. The van der Waals surface area contributed by atoms with Gasteiger partial charge in [0.05, 0.1) is 23.7 Å². The molecule has 0 amide bonds. The number of benzene rings is 4. The highest BCUT2D eigenvalue weighted by atomic mass is 32.2. The molecule has 41 heavy (non-hydrogen) atoms. The van der Waals surface area contributed by atoms with Crippen LogP contribution in [-0.4, -0.2) is 38.1 Å². The lowest BCUT2D eigenvalue weighted by atomic mass is 9.90. The zero-order valence-corrected chi connectivity index (χ0v) is 24.1. The summed E-state index contributed by atoms with van der Waals surface area (Å²) in [7, 11) is -1.60. The molecule has 7 nitrogen and oxygen atoms in total. The Morgan fingerprint density at radius 1 is 0.780 bits per heavy atom. The minimum Gasteiger partial charge on any atom is -0.392 e. The first-order valence-corrected chi connectivity index (χ1v) is 15.2. The molecule has 0 aromatic heterocycles. The van der Waals surface area contributed by atoms with Crippen molar-refractivity contribution in [3.63, 3.8) is 0 Å². The number of anilines is 1. The third kappa shape index (κ3) is 7.22. The predicted octanol–water partition coefficient (Wildman–Crippen LogP) is 5.90. The highest BCUT2D eigenvalue weighted by Gasteiger charge is 2.38. The summed E-state index contributed by atoms with van der Waals surface area (Å²) < 4.78 is 41.3. The van der Waals surface area contributed by atoms with Gasteiger partial charge in [-0.1, -0.05) is 91.9 Å². The van der Waals surface area contributed by atoms with Gasteiger partial charge in [0.2, 0.25) is 0 Å². The van der Waals surface area contributed by atoms with E-state index in [9.17, 15) is 13.5 Å². The Morgan fingerprint density at radius 3 is 2.02 bits per heavy atom. The number of aliphatic hydroxyl groups excluding tert-OH is 1. The molecule has 0 unspecified atom stereocenters. The van der Waals surface area contributed by atoms with Crippen LogP contribution in [0.3, 0.4) is 0 Å². The van der Waals surface area contributed by atoms with Gasteiger partial charge in [0, 0.05) is 30.3 Å². The van der Waals surface area contributed by atoms with Gasteiger partial charge in [-0.05, 0) is 48.0 Å². The maximum atomic E-state index is 12.8. The Bertz CT molecular complexity index is 1500. The number of hydrogen-bond acceptors (Lipinski definition) is 6. The molecule has 0 aliphatic carbocycles. The summed E-state index contributed by atoms with van der Waals surface area (Å²) in [6.07, 6.45) is -0.988. The van der Waals surface area contributed by atoms with Crippen LogP contribution in [0.15, 0.2) is 114 Å². The molecule has 4 aromatic rings. The van der Waals surface area contributed by atoms with Gasteiger partial charge in [-0.2, -0.15) is 0 Å². The Balaban J connectivity index is 1.36. The van der Waals surface area contributed by atoms with Crippen LogP contribution >= 0.6 is 0 Å². The van der Waals surface area contributed by atoms with Crippen molar-refractivity contribution in [3.8, 4) is 0 Å². The maximum Gasteiger partial charge on any atom is 0.261 e. The van der Waals surface area contributed by atoms with Crippen molar-refractivity contribution in [2.75, 3.05) is 18.3 Å². The molecule has 5 rings (SSSR count). The number of hydrogen-bond donors (Lipinski definition) is 2. The average molecular weight is 573 g/mol. The fourth-order valence-electron chi connectivity index (χ4n) is 5.12. The average Bonchev–Trinajstić information content (AvgIpc) is 2.99. The normalized spacial score (nSPS) is 21.1. The number of ether oxygens (including phenoxy) is 2. The van der Waals surface area contributed by atoms with E-state index in [1.54, 1.807) is 42.5 Å². The first-order valence-electron chi connectivity index (χ1n) is 13.7. The zero-order chi connectivity index (χ0) is 28.8. The minimum atomic E-state index is -3.69. The lowest BCUT2D eigenvalue weighted by molar-refractivity contribution is -0.276. The van der Waals surface area contributed by atoms with Crippen LogP contribution in [0.2, 0.25) is 0 Å². The van der Waals surface area contributed by atoms with Crippen molar-refractivity contribution < 1.29 is 23.0 Å². The van der Waals surface area contributed by atoms with Crippen LogP contribution < -0.4 is 4.72 Å². The molecule has 0 bridgehead atoms. The van der Waals surface area contributed by atoms with Crippen LogP contribution in [0, 0.1) is 5.92 Å². The number of nitrogens with one attached hydrogen (secondary N) is 1. The second kappa shape index (κ2) is 13.0. The Hall–Kier alpha value is -3.53. The molecule has 1 saturated heterocycles. The van der Waals surface area contributed by atoms with Crippen molar-refractivity contribution >= 4 is 15.7 Å². The Kier molecular flexibility index (Phi) is 9.17. The largest absolute Gasteiger partial charge is 0.392 e. The van der Waals surface area contributed by atoms with Crippen molar-refractivity contribution in [2.45, 2.75) is 43.5 Å². The number of likely N-dealkylation sites (N-methyl/N-ethyl adjacent to an activating group) is 1. The summed E-state index contributed by atoms with van der Waals surface area (Å²) in [4.78, 5) is 2.46. The number of rotatable bonds is 10. The van der Waals surface area contributed by atoms with Gasteiger partial charge < -0.3 is 14.6 Å². The van der Waals surface area contributed by atoms with E-state index in [0.717, 1.165) is 23.2 Å². The summed E-state index contributed by atoms with van der Waals surface area (Å²) in [6.45, 7) is 3.63. The van der Waals surface area contributed by atoms with Gasteiger partial charge in [-0.25, -0.2) is 8.42 Å². The molecule has 1 heterocycles. The van der Waals surface area contributed by atoms with E-state index in [4.69, 9.17) is 9.47 Å². The van der Waals surface area contributed by atoms with Crippen LogP contribution in [0.5, 0.6) is 0 Å². The molecule has 1 aliphatic rings. The Morgan fingerprint density at radius 2 is 1.39 bits per heavy atom. The SMILES string of the molecule is C[C@@H]1[C@H](CN(C)Cc2ccccc2)O[C@H](c2ccc(NS(=O)(=O)c3ccccc3)cc2)O[C@@H]1c1ccc(CO)cc1. The molecule has 4 atom stereocenters. The first-order chi connectivity index (χ1) is 19.8. The third-order valence-electron chi connectivity index (χ3n) is 7.40. The summed E-state index contributed by atoms with van der Waals surface area (Å²) in [5, 5.41) is 9.50. The first kappa shape index (κ1) is 29.0. The van der Waals surface area contributed by atoms with Crippen molar-refractivity contribution in [3.05, 3.63) is 131 Å². The summed E-state index contributed by atoms with van der Waals surface area (Å²) in [6, 6.07) is 33.6. The van der Waals surface area contributed by atoms with Crippen molar-refractivity contribution in [2.24, 2.45) is 5.92 Å². The van der Waals surface area contributed by atoms with E-state index in [2.05, 4.69) is 35.7 Å². The quantitative estimate of drug-likeness (QED) is 0.246. The number of aliphatic hydroxyl groups is 1. The fourth-order valence-corrected chi connectivity index (χ4v) is 6.20. The van der Waals surface area contributed by atoms with E-state index in [0.29, 0.717) is 12.2 Å². The van der Waals surface area contributed by atoms with Gasteiger partial charge in [0.15, 0.2) is 6.29 Å². The van der Waals surface area contributed by atoms with E-state index in [1.807, 2.05) is 54.6 Å². The number of nitrogens with zero attached hydrogens (tertiary/aromatic N) is 1. The second-order valence-electron chi connectivity index (χ2n) is 10.5. The summed E-state index contributed by atoms with van der Waals surface area (Å²) in [5.74, 6) is 0.0569. The molecule has 0 saturated carbocycles. The van der Waals surface area contributed by atoms with Crippen molar-refractivity contribution in [1.82, 2.24) is 4.90 Å². The van der Waals surface area contributed by atoms with E-state index >= 15 is 0 Å². The molecule has 4 aromatic carbocycles. The van der Waals surface area contributed by atoms with Crippen LogP contribution in [0.4, 0.5) is 5.69 Å². The standard InChI is InChI=1S/C33H36N2O5S/c1-24-31(22-35(2)21-25-9-5-3-6-10-25)39-33(40-32(24)27-15-13-26(23-36)14-16-27)28-17-19-29(20-18-28)34-41(37,38)30-11-7-4-8-12-30/h3-20,24,31-34,36H,21-23H2,1-2H3/t24-,31+,32+,33+/m1/s1. The summed E-state index contributed by atoms with van der Waals surface area (Å²) in [5.41, 5.74) is 4.35. The molecular weight excluding hydrogens is 536 g/mol. The summed E-state index contributed by atoms with van der Waals surface area (Å²) >= 11 is 0. The molecular formula is C33H36N2O5S. The molecule has 1 fully saturated rings. The second-order valence-corrected chi connectivity index (χ2v) is 12.2. The smallest absolute Gasteiger partial charge is 0.261 e. The highest BCUT2D eigenvalue weighted by Crippen LogP contribution is 2.42. The van der Waals surface area contributed by atoms with Gasteiger partial charge in [-0.15, -0.1) is 0 Å². The lowest BCUT2D eigenvalue weighted by Gasteiger charge is -2.42. The van der Waals surface area contributed by atoms with Crippen LogP contribution in [0.25, 0.3) is 0 Å². The molecule has 214 valence electrons. The van der Waals surface area contributed by atoms with Gasteiger partial charge >= 0.3 is 0 Å².